The van der Waals surface area contributed by atoms with Crippen LogP contribution < -0.4 is 0 Å². The minimum absolute atomic E-state index is 0.0319. The Morgan fingerprint density at radius 1 is 1.29 bits per heavy atom. The van der Waals surface area contributed by atoms with Crippen molar-refractivity contribution in [2.24, 2.45) is 0 Å². The highest BCUT2D eigenvalue weighted by molar-refractivity contribution is 6.43. The fraction of sp³-hybridized carbons (Fsp3) is 0.250. The van der Waals surface area contributed by atoms with Crippen molar-refractivity contribution in [2.75, 3.05) is 0 Å². The van der Waals surface area contributed by atoms with Crippen LogP contribution in [0.15, 0.2) is 18.2 Å². The molecule has 17 heavy (non-hydrogen) atoms. The Labute approximate surface area is 110 Å². The summed E-state index contributed by atoms with van der Waals surface area (Å²) in [5.74, 6) is 0. The third-order valence-corrected chi connectivity index (χ3v) is 3.57. The number of hydrogen-bond acceptors (Lipinski definition) is 2. The van der Waals surface area contributed by atoms with Gasteiger partial charge in [0.15, 0.2) is 0 Å². The van der Waals surface area contributed by atoms with Gasteiger partial charge in [-0.1, -0.05) is 29.3 Å². The molecule has 0 unspecified atom stereocenters. The van der Waals surface area contributed by atoms with E-state index >= 15 is 0 Å². The van der Waals surface area contributed by atoms with Crippen LogP contribution in [-0.4, -0.2) is 14.9 Å². The maximum Gasteiger partial charge on any atom is 0.0850 e. The number of halogens is 2. The normalized spacial score (nSPS) is 10.9. The molecule has 3 nitrogen and oxygen atoms in total. The fourth-order valence-corrected chi connectivity index (χ4v) is 2.17. The van der Waals surface area contributed by atoms with Crippen molar-refractivity contribution in [3.8, 4) is 5.69 Å². The standard InChI is InChI=1S/C12H12Cl2N2O/c1-7-9(6-17)8(2)16(15-7)11-5-3-4-10(13)12(11)14/h3-5,17H,6H2,1-2H3. The molecule has 0 aliphatic heterocycles. The van der Waals surface area contributed by atoms with Gasteiger partial charge in [0.2, 0.25) is 0 Å². The number of aryl methyl sites for hydroxylation is 1. The zero-order valence-corrected chi connectivity index (χ0v) is 11.0. The molecule has 90 valence electrons. The van der Waals surface area contributed by atoms with Crippen LogP contribution in [-0.2, 0) is 6.61 Å². The van der Waals surface area contributed by atoms with Crippen molar-refractivity contribution in [3.05, 3.63) is 45.2 Å². The zero-order valence-electron chi connectivity index (χ0n) is 9.54. The molecule has 0 aliphatic carbocycles. The van der Waals surface area contributed by atoms with Crippen molar-refractivity contribution < 1.29 is 5.11 Å². The highest BCUT2D eigenvalue weighted by Gasteiger charge is 2.14. The van der Waals surface area contributed by atoms with Crippen molar-refractivity contribution in [3.63, 3.8) is 0 Å². The molecule has 0 fully saturated rings. The van der Waals surface area contributed by atoms with Crippen LogP contribution in [0.3, 0.4) is 0 Å². The maximum atomic E-state index is 9.27. The molecule has 1 heterocycles. The van der Waals surface area contributed by atoms with Gasteiger partial charge in [0.05, 0.1) is 28.0 Å². The first-order valence-electron chi connectivity index (χ1n) is 5.16. The van der Waals surface area contributed by atoms with E-state index in [0.717, 1.165) is 22.6 Å². The van der Waals surface area contributed by atoms with Crippen molar-refractivity contribution in [2.45, 2.75) is 20.5 Å². The lowest BCUT2D eigenvalue weighted by molar-refractivity contribution is 0.280. The third-order valence-electron chi connectivity index (χ3n) is 2.76. The van der Waals surface area contributed by atoms with Crippen molar-refractivity contribution in [1.29, 1.82) is 0 Å². The Morgan fingerprint density at radius 3 is 2.59 bits per heavy atom. The topological polar surface area (TPSA) is 38.0 Å². The van der Waals surface area contributed by atoms with Gasteiger partial charge in [-0.3, -0.25) is 0 Å². The summed E-state index contributed by atoms with van der Waals surface area (Å²) in [4.78, 5) is 0. The first kappa shape index (κ1) is 12.4. The molecule has 1 N–H and O–H groups in total. The summed E-state index contributed by atoms with van der Waals surface area (Å²) in [5.41, 5.74) is 3.20. The van der Waals surface area contributed by atoms with E-state index < -0.39 is 0 Å². The number of nitrogens with zero attached hydrogens (tertiary/aromatic N) is 2. The summed E-state index contributed by atoms with van der Waals surface area (Å²) in [5, 5.41) is 14.6. The number of benzene rings is 1. The molecule has 0 aliphatic rings. The molecule has 2 rings (SSSR count). The molecular formula is C12H12Cl2N2O. The van der Waals surface area contributed by atoms with Crippen LogP contribution in [0.1, 0.15) is 17.0 Å². The Kier molecular flexibility index (Phi) is 3.43. The highest BCUT2D eigenvalue weighted by atomic mass is 35.5. The SMILES string of the molecule is Cc1nn(-c2cccc(Cl)c2Cl)c(C)c1CO. The van der Waals surface area contributed by atoms with Crippen molar-refractivity contribution >= 4 is 23.2 Å². The Bertz CT molecular complexity index is 564. The third kappa shape index (κ3) is 2.06. The molecule has 1 aromatic heterocycles. The molecular weight excluding hydrogens is 259 g/mol. The van der Waals surface area contributed by atoms with Gasteiger partial charge in [0.25, 0.3) is 0 Å². The fourth-order valence-electron chi connectivity index (χ4n) is 1.79. The molecule has 0 amide bonds. The number of aromatic nitrogens is 2. The largest absolute Gasteiger partial charge is 0.392 e. The molecule has 2 aromatic rings. The minimum atomic E-state index is -0.0319. The predicted octanol–water partition coefficient (Wildman–Crippen LogP) is 3.29. The van der Waals surface area contributed by atoms with Crippen LogP contribution in [0.5, 0.6) is 0 Å². The lowest BCUT2D eigenvalue weighted by atomic mass is 10.2. The summed E-state index contributed by atoms with van der Waals surface area (Å²) in [6.07, 6.45) is 0. The second-order valence-electron chi connectivity index (χ2n) is 3.79. The first-order valence-corrected chi connectivity index (χ1v) is 5.92. The molecule has 0 saturated carbocycles. The Morgan fingerprint density at radius 2 is 2.00 bits per heavy atom. The van der Waals surface area contributed by atoms with Gasteiger partial charge in [-0.25, -0.2) is 4.68 Å². The summed E-state index contributed by atoms with van der Waals surface area (Å²) < 4.78 is 1.70. The van der Waals surface area contributed by atoms with E-state index in [1.807, 2.05) is 26.0 Å². The summed E-state index contributed by atoms with van der Waals surface area (Å²) in [7, 11) is 0. The second-order valence-corrected chi connectivity index (χ2v) is 4.58. The summed E-state index contributed by atoms with van der Waals surface area (Å²) in [6.45, 7) is 3.71. The van der Waals surface area contributed by atoms with Gasteiger partial charge in [-0.15, -0.1) is 0 Å². The van der Waals surface area contributed by atoms with E-state index in [2.05, 4.69) is 5.10 Å². The quantitative estimate of drug-likeness (QED) is 0.910. The van der Waals surface area contributed by atoms with Crippen LogP contribution in [0, 0.1) is 13.8 Å². The smallest absolute Gasteiger partial charge is 0.0850 e. The molecule has 0 bridgehead atoms. The van der Waals surface area contributed by atoms with Crippen LogP contribution in [0.4, 0.5) is 0 Å². The van der Waals surface area contributed by atoms with Gasteiger partial charge in [0.1, 0.15) is 0 Å². The molecule has 0 radical (unpaired) electrons. The monoisotopic (exact) mass is 270 g/mol. The molecule has 0 atom stereocenters. The molecule has 0 saturated heterocycles. The minimum Gasteiger partial charge on any atom is -0.392 e. The molecule has 0 spiro atoms. The van der Waals surface area contributed by atoms with E-state index in [0.29, 0.717) is 10.0 Å². The number of rotatable bonds is 2. The van der Waals surface area contributed by atoms with Gasteiger partial charge in [-0.2, -0.15) is 5.10 Å². The Hall–Kier alpha value is -1.03. The zero-order chi connectivity index (χ0) is 12.6. The average Bonchev–Trinajstić information content (AvgIpc) is 2.58. The number of aliphatic hydroxyl groups excluding tert-OH is 1. The predicted molar refractivity (Wildman–Crippen MR) is 69.0 cm³/mol. The Balaban J connectivity index is 2.65. The summed E-state index contributed by atoms with van der Waals surface area (Å²) >= 11 is 12.1. The lowest BCUT2D eigenvalue weighted by Crippen LogP contribution is -2.00. The molecule has 5 heteroatoms. The molecule has 1 aromatic carbocycles. The van der Waals surface area contributed by atoms with E-state index in [4.69, 9.17) is 23.2 Å². The van der Waals surface area contributed by atoms with Crippen LogP contribution >= 0.6 is 23.2 Å². The average molecular weight is 271 g/mol. The van der Waals surface area contributed by atoms with Gasteiger partial charge in [-0.05, 0) is 26.0 Å². The van der Waals surface area contributed by atoms with E-state index in [-0.39, 0.29) is 6.61 Å². The maximum absolute atomic E-state index is 9.27. The van der Waals surface area contributed by atoms with Crippen molar-refractivity contribution in [1.82, 2.24) is 9.78 Å². The van der Waals surface area contributed by atoms with E-state index in [1.165, 1.54) is 0 Å². The van der Waals surface area contributed by atoms with Crippen LogP contribution in [0.25, 0.3) is 5.69 Å². The van der Waals surface area contributed by atoms with Crippen LogP contribution in [0.2, 0.25) is 10.0 Å². The van der Waals surface area contributed by atoms with Gasteiger partial charge < -0.3 is 5.11 Å². The lowest BCUT2D eigenvalue weighted by Gasteiger charge is -2.08. The van der Waals surface area contributed by atoms with E-state index in [9.17, 15) is 5.11 Å². The highest BCUT2D eigenvalue weighted by Crippen LogP contribution is 2.29. The van der Waals surface area contributed by atoms with Gasteiger partial charge >= 0.3 is 0 Å². The second kappa shape index (κ2) is 4.69. The first-order chi connectivity index (χ1) is 8.06. The van der Waals surface area contributed by atoms with E-state index in [1.54, 1.807) is 10.7 Å². The summed E-state index contributed by atoms with van der Waals surface area (Å²) in [6, 6.07) is 5.39. The number of aliphatic hydroxyl groups is 1. The number of hydrogen-bond donors (Lipinski definition) is 1. The van der Waals surface area contributed by atoms with Gasteiger partial charge in [0, 0.05) is 11.3 Å².